The van der Waals surface area contributed by atoms with E-state index < -0.39 is 11.8 Å². The average Bonchev–Trinajstić information content (AvgIpc) is 2.91. The first-order valence-corrected chi connectivity index (χ1v) is 8.62. The lowest BCUT2D eigenvalue weighted by Gasteiger charge is -2.29. The molecule has 1 N–H and O–H groups in total. The number of hydrogen-bond acceptors (Lipinski definition) is 2. The maximum absolute atomic E-state index is 13.9. The molecule has 0 bridgehead atoms. The van der Waals surface area contributed by atoms with Crippen LogP contribution in [0.3, 0.4) is 0 Å². The second-order valence-corrected chi connectivity index (χ2v) is 7.05. The van der Waals surface area contributed by atoms with Crippen molar-refractivity contribution >= 4 is 5.57 Å². The molecule has 0 radical (unpaired) electrons. The Labute approximate surface area is 154 Å². The molecule has 0 amide bonds. The number of fused-ring (bicyclic) bond motifs is 3. The van der Waals surface area contributed by atoms with Gasteiger partial charge >= 0.3 is 6.18 Å². The summed E-state index contributed by atoms with van der Waals surface area (Å²) in [6.07, 6.45) is -0.791. The van der Waals surface area contributed by atoms with Gasteiger partial charge in [0.2, 0.25) is 5.60 Å². The SMILES string of the molecule is CC1CC(c2ccc3c(c2)C(O)(C(F)(F)F)c2ccccc2-3)=CC=C1C#N. The van der Waals surface area contributed by atoms with Crippen LogP contribution in [0.25, 0.3) is 16.7 Å². The maximum Gasteiger partial charge on any atom is 0.425 e. The van der Waals surface area contributed by atoms with E-state index in [0.717, 1.165) is 5.57 Å². The lowest BCUT2D eigenvalue weighted by molar-refractivity contribution is -0.246. The number of nitrogens with zero attached hydrogens (tertiary/aromatic N) is 1. The van der Waals surface area contributed by atoms with Crippen LogP contribution < -0.4 is 0 Å². The standard InChI is InChI=1S/C22H16F3NO/c1-13-10-14(6-7-16(13)12-26)15-8-9-18-17-4-2-3-5-19(17)21(27,20(18)11-15)22(23,24)25/h2-9,11,13,27H,10H2,1H3. The molecule has 27 heavy (non-hydrogen) atoms. The molecular weight excluding hydrogens is 351 g/mol. The highest BCUT2D eigenvalue weighted by Crippen LogP contribution is 2.55. The first-order valence-electron chi connectivity index (χ1n) is 8.62. The molecule has 0 aromatic heterocycles. The zero-order chi connectivity index (χ0) is 19.4. The van der Waals surface area contributed by atoms with Crippen LogP contribution >= 0.6 is 0 Å². The van der Waals surface area contributed by atoms with Crippen molar-refractivity contribution in [3.05, 3.63) is 76.9 Å². The summed E-state index contributed by atoms with van der Waals surface area (Å²) in [6.45, 7) is 1.91. The van der Waals surface area contributed by atoms with Crippen LogP contribution in [0, 0.1) is 17.2 Å². The van der Waals surface area contributed by atoms with Crippen molar-refractivity contribution < 1.29 is 18.3 Å². The van der Waals surface area contributed by atoms with E-state index in [9.17, 15) is 18.3 Å². The van der Waals surface area contributed by atoms with Gasteiger partial charge in [-0.15, -0.1) is 0 Å². The van der Waals surface area contributed by atoms with Crippen LogP contribution in [0.1, 0.15) is 30.0 Å². The Morgan fingerprint density at radius 1 is 1.07 bits per heavy atom. The lowest BCUT2D eigenvalue weighted by atomic mass is 9.84. The summed E-state index contributed by atoms with van der Waals surface area (Å²) in [5.41, 5.74) is -0.375. The summed E-state index contributed by atoms with van der Waals surface area (Å²) in [6, 6.07) is 13.1. The molecule has 0 fully saturated rings. The van der Waals surface area contributed by atoms with Crippen molar-refractivity contribution in [3.8, 4) is 17.2 Å². The smallest absolute Gasteiger partial charge is 0.372 e. The monoisotopic (exact) mass is 367 g/mol. The lowest BCUT2D eigenvalue weighted by Crippen LogP contribution is -2.41. The van der Waals surface area contributed by atoms with E-state index in [2.05, 4.69) is 6.07 Å². The summed E-state index contributed by atoms with van der Waals surface area (Å²) >= 11 is 0. The van der Waals surface area contributed by atoms with E-state index >= 15 is 0 Å². The number of alkyl halides is 3. The summed E-state index contributed by atoms with van der Waals surface area (Å²) in [7, 11) is 0. The van der Waals surface area contributed by atoms with Gasteiger partial charge in [-0.1, -0.05) is 49.4 Å². The number of halogens is 3. The van der Waals surface area contributed by atoms with Crippen molar-refractivity contribution in [2.24, 2.45) is 5.92 Å². The highest BCUT2D eigenvalue weighted by atomic mass is 19.4. The van der Waals surface area contributed by atoms with Crippen molar-refractivity contribution in [3.63, 3.8) is 0 Å². The first kappa shape index (κ1) is 17.6. The topological polar surface area (TPSA) is 44.0 Å². The van der Waals surface area contributed by atoms with Gasteiger partial charge in [-0.2, -0.15) is 18.4 Å². The van der Waals surface area contributed by atoms with E-state index in [1.54, 1.807) is 36.4 Å². The first-order chi connectivity index (χ1) is 12.8. The second-order valence-electron chi connectivity index (χ2n) is 7.05. The largest absolute Gasteiger partial charge is 0.425 e. The molecule has 0 saturated carbocycles. The molecule has 2 aliphatic rings. The van der Waals surface area contributed by atoms with E-state index in [4.69, 9.17) is 5.26 Å². The van der Waals surface area contributed by atoms with Crippen molar-refractivity contribution in [2.45, 2.75) is 25.1 Å². The Bertz CT molecular complexity index is 1040. The molecule has 2 nitrogen and oxygen atoms in total. The van der Waals surface area contributed by atoms with Crippen LogP contribution in [-0.4, -0.2) is 11.3 Å². The molecule has 136 valence electrons. The zero-order valence-electron chi connectivity index (χ0n) is 14.5. The molecule has 0 aliphatic heterocycles. The summed E-state index contributed by atoms with van der Waals surface area (Å²) in [5, 5.41) is 19.9. The Morgan fingerprint density at radius 2 is 1.78 bits per heavy atom. The van der Waals surface area contributed by atoms with E-state index in [0.29, 0.717) is 28.7 Å². The van der Waals surface area contributed by atoms with Gasteiger partial charge in [-0.25, -0.2) is 0 Å². The minimum Gasteiger partial charge on any atom is -0.372 e. The second kappa shape index (κ2) is 5.83. The van der Waals surface area contributed by atoms with Gasteiger partial charge in [0.05, 0.1) is 6.07 Å². The zero-order valence-corrected chi connectivity index (χ0v) is 14.5. The minimum atomic E-state index is -4.84. The van der Waals surface area contributed by atoms with Crippen molar-refractivity contribution in [1.29, 1.82) is 5.26 Å². The van der Waals surface area contributed by atoms with Crippen LogP contribution in [0.4, 0.5) is 13.2 Å². The van der Waals surface area contributed by atoms with Gasteiger partial charge < -0.3 is 5.11 Å². The van der Waals surface area contributed by atoms with Crippen molar-refractivity contribution in [2.75, 3.05) is 0 Å². The fraction of sp³-hybridized carbons (Fsp3) is 0.227. The molecule has 2 unspecified atom stereocenters. The Kier molecular flexibility index (Phi) is 3.79. The van der Waals surface area contributed by atoms with Gasteiger partial charge in [0.15, 0.2) is 0 Å². The predicted molar refractivity (Wildman–Crippen MR) is 96.4 cm³/mol. The number of aliphatic hydroxyl groups is 1. The van der Waals surface area contributed by atoms with Crippen LogP contribution in [0.2, 0.25) is 0 Å². The van der Waals surface area contributed by atoms with Gasteiger partial charge in [0.25, 0.3) is 0 Å². The Morgan fingerprint density at radius 3 is 2.44 bits per heavy atom. The van der Waals surface area contributed by atoms with Crippen LogP contribution in [0.5, 0.6) is 0 Å². The number of allylic oxidation sites excluding steroid dienone is 4. The molecule has 4 rings (SSSR count). The van der Waals surface area contributed by atoms with E-state index in [1.807, 2.05) is 6.92 Å². The van der Waals surface area contributed by atoms with Crippen LogP contribution in [-0.2, 0) is 5.60 Å². The molecule has 2 aromatic rings. The molecule has 0 saturated heterocycles. The minimum absolute atomic E-state index is 0.00181. The number of hydrogen-bond donors (Lipinski definition) is 1. The van der Waals surface area contributed by atoms with Crippen LogP contribution in [0.15, 0.2) is 60.2 Å². The molecule has 2 atom stereocenters. The van der Waals surface area contributed by atoms with Gasteiger partial charge in [-0.05, 0) is 46.7 Å². The molecular formula is C22H16F3NO. The number of nitriles is 1. The maximum atomic E-state index is 13.9. The molecule has 5 heteroatoms. The highest BCUT2D eigenvalue weighted by molar-refractivity contribution is 5.83. The Hall–Kier alpha value is -2.84. The van der Waals surface area contributed by atoms with Crippen molar-refractivity contribution in [1.82, 2.24) is 0 Å². The summed E-state index contributed by atoms with van der Waals surface area (Å²) in [5.74, 6) is 0.00181. The molecule has 0 spiro atoms. The third-order valence-electron chi connectivity index (χ3n) is 5.45. The normalized spacial score (nSPS) is 23.8. The number of rotatable bonds is 1. The van der Waals surface area contributed by atoms with Gasteiger partial charge in [0.1, 0.15) is 0 Å². The highest BCUT2D eigenvalue weighted by Gasteiger charge is 2.60. The number of benzene rings is 2. The summed E-state index contributed by atoms with van der Waals surface area (Å²) in [4.78, 5) is 0. The molecule has 2 aliphatic carbocycles. The van der Waals surface area contributed by atoms with Gasteiger partial charge in [-0.3, -0.25) is 0 Å². The van der Waals surface area contributed by atoms with E-state index in [-0.39, 0.29) is 17.0 Å². The Balaban J connectivity index is 1.90. The fourth-order valence-electron chi connectivity index (χ4n) is 3.99. The molecule has 2 aromatic carbocycles. The third kappa shape index (κ3) is 2.44. The third-order valence-corrected chi connectivity index (χ3v) is 5.45. The fourth-order valence-corrected chi connectivity index (χ4v) is 3.99. The predicted octanol–water partition coefficient (Wildman–Crippen LogP) is 5.34. The quantitative estimate of drug-likeness (QED) is 0.739. The average molecular weight is 367 g/mol. The van der Waals surface area contributed by atoms with Gasteiger partial charge in [0, 0.05) is 16.7 Å². The summed E-state index contributed by atoms with van der Waals surface area (Å²) < 4.78 is 41.8. The van der Waals surface area contributed by atoms with E-state index in [1.165, 1.54) is 18.2 Å². The molecule has 0 heterocycles.